The van der Waals surface area contributed by atoms with E-state index < -0.39 is 11.7 Å². The third-order valence-corrected chi connectivity index (χ3v) is 10.2. The lowest BCUT2D eigenvalue weighted by atomic mass is 9.45. The predicted octanol–water partition coefficient (Wildman–Crippen LogP) is 4.45. The molecule has 3 rings (SSSR count). The number of nitrogens with two attached hydrogens (primary N) is 1. The Kier molecular flexibility index (Phi) is 8.14. The zero-order chi connectivity index (χ0) is 25.5. The number of esters is 1. The summed E-state index contributed by atoms with van der Waals surface area (Å²) < 4.78 is 5.53. The summed E-state index contributed by atoms with van der Waals surface area (Å²) >= 11 is 0. The zero-order valence-electron chi connectivity index (χ0n) is 22.3. The number of aliphatic hydroxyl groups excluding tert-OH is 2. The molecule has 3 saturated carbocycles. The minimum absolute atomic E-state index is 0.00240. The van der Waals surface area contributed by atoms with Crippen molar-refractivity contribution in [2.45, 2.75) is 111 Å². The van der Waals surface area contributed by atoms with Crippen molar-refractivity contribution in [3.8, 4) is 0 Å². The molecular weight excluding hydrogens is 430 g/mol. The number of carbonyl (C=O) groups excluding carboxylic acids is 2. The molecule has 3 aliphatic rings. The van der Waals surface area contributed by atoms with Crippen molar-refractivity contribution < 1.29 is 24.5 Å². The number of aliphatic hydroxyl groups is 2. The van der Waals surface area contributed by atoms with E-state index in [1.807, 2.05) is 20.8 Å². The second-order valence-electron chi connectivity index (χ2n) is 13.3. The smallest absolute Gasteiger partial charge is 0.306 e. The van der Waals surface area contributed by atoms with Gasteiger partial charge in [0.1, 0.15) is 5.60 Å². The number of primary amides is 1. The molecule has 0 saturated heterocycles. The maximum Gasteiger partial charge on any atom is 0.306 e. The van der Waals surface area contributed by atoms with Gasteiger partial charge < -0.3 is 20.7 Å². The first-order valence-corrected chi connectivity index (χ1v) is 13.5. The molecule has 196 valence electrons. The van der Waals surface area contributed by atoms with Crippen LogP contribution >= 0.6 is 0 Å². The molecule has 6 heteroatoms. The number of fused-ring (bicyclic) bond motifs is 3. The van der Waals surface area contributed by atoms with Crippen LogP contribution in [-0.2, 0) is 14.3 Å². The van der Waals surface area contributed by atoms with E-state index in [1.54, 1.807) is 0 Å². The fourth-order valence-corrected chi connectivity index (χ4v) is 8.50. The van der Waals surface area contributed by atoms with Crippen LogP contribution in [0.25, 0.3) is 0 Å². The van der Waals surface area contributed by atoms with Crippen LogP contribution in [0.3, 0.4) is 0 Å². The Morgan fingerprint density at radius 1 is 1.12 bits per heavy atom. The molecule has 0 bridgehead atoms. The van der Waals surface area contributed by atoms with Gasteiger partial charge in [-0.25, -0.2) is 0 Å². The van der Waals surface area contributed by atoms with Crippen LogP contribution in [0.1, 0.15) is 99.3 Å². The molecule has 0 aromatic heterocycles. The molecule has 0 aromatic rings. The van der Waals surface area contributed by atoms with E-state index in [0.717, 1.165) is 32.1 Å². The molecule has 0 aromatic carbocycles. The van der Waals surface area contributed by atoms with E-state index in [-0.39, 0.29) is 41.1 Å². The summed E-state index contributed by atoms with van der Waals surface area (Å²) in [6.07, 6.45) is 6.82. The lowest BCUT2D eigenvalue weighted by Gasteiger charge is -2.60. The van der Waals surface area contributed by atoms with Crippen LogP contribution < -0.4 is 5.73 Å². The molecule has 0 unspecified atom stereocenters. The Balaban J connectivity index is 1.75. The summed E-state index contributed by atoms with van der Waals surface area (Å²) in [6.45, 7) is 12.7. The first kappa shape index (κ1) is 27.4. The molecule has 3 fully saturated rings. The van der Waals surface area contributed by atoms with E-state index in [9.17, 15) is 19.8 Å². The maximum absolute atomic E-state index is 12.3. The van der Waals surface area contributed by atoms with Crippen LogP contribution in [-0.4, -0.2) is 40.4 Å². The summed E-state index contributed by atoms with van der Waals surface area (Å²) in [5, 5.41) is 21.5. The Morgan fingerprint density at radius 2 is 1.79 bits per heavy atom. The molecule has 0 spiro atoms. The van der Waals surface area contributed by atoms with Gasteiger partial charge >= 0.3 is 5.97 Å². The first-order valence-electron chi connectivity index (χ1n) is 13.5. The highest BCUT2D eigenvalue weighted by molar-refractivity contribution is 5.73. The standard InChI is InChI=1S/C28H49NO5/c1-17(7-10-24(33)34-26(2,3)4)19-8-9-20-25-21(11-13-28(19,20)6)27(5,14-12-23(29)32)18(16-30)15-22(25)31/h17-22,25,30-31H,7-16H2,1-6H3,(H2,29,32)/t17-,18-,19-,20+,21+,22+,25+,27+,28-/m1/s1. The highest BCUT2D eigenvalue weighted by Gasteiger charge is 2.62. The molecule has 3 aliphatic carbocycles. The largest absolute Gasteiger partial charge is 0.460 e. The summed E-state index contributed by atoms with van der Waals surface area (Å²) in [4.78, 5) is 23.9. The minimum Gasteiger partial charge on any atom is -0.460 e. The monoisotopic (exact) mass is 479 g/mol. The molecule has 0 radical (unpaired) electrons. The molecule has 34 heavy (non-hydrogen) atoms. The summed E-state index contributed by atoms with van der Waals surface area (Å²) in [5.41, 5.74) is 5.02. The van der Waals surface area contributed by atoms with Crippen molar-refractivity contribution in [3.63, 3.8) is 0 Å². The lowest BCUT2D eigenvalue weighted by Crippen LogP contribution is -2.58. The summed E-state index contributed by atoms with van der Waals surface area (Å²) in [7, 11) is 0. The van der Waals surface area contributed by atoms with Crippen molar-refractivity contribution in [1.29, 1.82) is 0 Å². The van der Waals surface area contributed by atoms with Crippen LogP contribution in [0.15, 0.2) is 0 Å². The Bertz CT molecular complexity index is 748. The molecule has 1 amide bonds. The van der Waals surface area contributed by atoms with Gasteiger partial charge in [-0.15, -0.1) is 0 Å². The number of hydrogen-bond acceptors (Lipinski definition) is 5. The topological polar surface area (TPSA) is 110 Å². The van der Waals surface area contributed by atoms with E-state index >= 15 is 0 Å². The minimum atomic E-state index is -0.451. The molecule has 0 aliphatic heterocycles. The number of amides is 1. The van der Waals surface area contributed by atoms with Gasteiger partial charge in [-0.3, -0.25) is 9.59 Å². The lowest BCUT2D eigenvalue weighted by molar-refractivity contribution is -0.165. The number of rotatable bonds is 8. The third kappa shape index (κ3) is 5.33. The van der Waals surface area contributed by atoms with Gasteiger partial charge in [0.2, 0.25) is 5.91 Å². The molecule has 4 N–H and O–H groups in total. The van der Waals surface area contributed by atoms with Gasteiger partial charge in [0.05, 0.1) is 6.10 Å². The average molecular weight is 480 g/mol. The van der Waals surface area contributed by atoms with Crippen molar-refractivity contribution >= 4 is 11.9 Å². The van der Waals surface area contributed by atoms with E-state index in [1.165, 1.54) is 0 Å². The van der Waals surface area contributed by atoms with Gasteiger partial charge in [0.15, 0.2) is 0 Å². The molecule has 9 atom stereocenters. The summed E-state index contributed by atoms with van der Waals surface area (Å²) in [5.74, 6) is 1.46. The van der Waals surface area contributed by atoms with Crippen LogP contribution in [0.4, 0.5) is 0 Å². The van der Waals surface area contributed by atoms with Crippen LogP contribution in [0, 0.1) is 46.3 Å². The van der Waals surface area contributed by atoms with Gasteiger partial charge in [-0.2, -0.15) is 0 Å². The second-order valence-corrected chi connectivity index (χ2v) is 13.3. The Morgan fingerprint density at radius 3 is 2.38 bits per heavy atom. The van der Waals surface area contributed by atoms with Gasteiger partial charge in [-0.1, -0.05) is 20.8 Å². The molecule has 6 nitrogen and oxygen atoms in total. The SMILES string of the molecule is C[C@H](CCC(=O)OC(C)(C)C)[C@H]1CC[C@H]2[C@@H]3[C@@H](O)C[C@H](CO)[C@](C)(CCC(N)=O)[C@H]3CC[C@]12C. The Hall–Kier alpha value is -1.14. The third-order valence-electron chi connectivity index (χ3n) is 10.2. The molecular formula is C28H49NO5. The van der Waals surface area contributed by atoms with Crippen molar-refractivity contribution in [3.05, 3.63) is 0 Å². The van der Waals surface area contributed by atoms with Crippen LogP contribution in [0.5, 0.6) is 0 Å². The van der Waals surface area contributed by atoms with Crippen LogP contribution in [0.2, 0.25) is 0 Å². The fourth-order valence-electron chi connectivity index (χ4n) is 8.50. The first-order chi connectivity index (χ1) is 15.7. The van der Waals surface area contributed by atoms with E-state index in [4.69, 9.17) is 10.5 Å². The normalized spacial score (nSPS) is 40.8. The van der Waals surface area contributed by atoms with Crippen molar-refractivity contribution in [2.24, 2.45) is 52.1 Å². The predicted molar refractivity (Wildman–Crippen MR) is 133 cm³/mol. The number of carbonyl (C=O) groups is 2. The fraction of sp³-hybridized carbons (Fsp3) is 0.929. The highest BCUT2D eigenvalue weighted by atomic mass is 16.6. The van der Waals surface area contributed by atoms with Crippen molar-refractivity contribution in [1.82, 2.24) is 0 Å². The van der Waals surface area contributed by atoms with Gasteiger partial charge in [-0.05, 0) is 112 Å². The Labute approximate surface area is 206 Å². The summed E-state index contributed by atoms with van der Waals surface area (Å²) in [6, 6.07) is 0. The number of hydrogen-bond donors (Lipinski definition) is 3. The van der Waals surface area contributed by atoms with E-state index in [2.05, 4.69) is 20.8 Å². The van der Waals surface area contributed by atoms with Gasteiger partial charge in [0.25, 0.3) is 0 Å². The quantitative estimate of drug-likeness (QED) is 0.446. The highest BCUT2D eigenvalue weighted by Crippen LogP contribution is 2.67. The van der Waals surface area contributed by atoms with Gasteiger partial charge in [0, 0.05) is 19.4 Å². The van der Waals surface area contributed by atoms with E-state index in [0.29, 0.717) is 49.4 Å². The molecule has 0 heterocycles. The zero-order valence-corrected chi connectivity index (χ0v) is 22.3. The maximum atomic E-state index is 12.3. The number of ether oxygens (including phenoxy) is 1. The average Bonchev–Trinajstić information content (AvgIpc) is 3.08. The van der Waals surface area contributed by atoms with Crippen molar-refractivity contribution in [2.75, 3.05) is 6.61 Å². The second kappa shape index (κ2) is 10.1.